The number of carboxylic acids is 1. The van der Waals surface area contributed by atoms with E-state index in [0.717, 1.165) is 18.4 Å². The molecular formula is C29H24FNO4. The number of aromatic carboxylic acids is 1. The zero-order chi connectivity index (χ0) is 24.1. The molecule has 0 radical (unpaired) electrons. The monoisotopic (exact) mass is 469 g/mol. The van der Waals surface area contributed by atoms with E-state index in [9.17, 15) is 14.0 Å². The normalized spacial score (nSPS) is 20.3. The summed E-state index contributed by atoms with van der Waals surface area (Å²) in [4.78, 5) is 26.1. The molecule has 1 amide bonds. The van der Waals surface area contributed by atoms with Crippen molar-refractivity contribution in [1.82, 2.24) is 4.90 Å². The third kappa shape index (κ3) is 3.60. The zero-order valence-corrected chi connectivity index (χ0v) is 19.0. The average molecular weight is 470 g/mol. The molecule has 3 aromatic rings. The number of fused-ring (bicyclic) bond motifs is 5. The number of hydrogen-bond acceptors (Lipinski definition) is 3. The molecule has 2 atom stereocenters. The number of hydrogen-bond donors (Lipinski definition) is 1. The molecule has 5 nitrogen and oxygen atoms in total. The molecule has 1 saturated heterocycles. The molecule has 2 heterocycles. The van der Waals surface area contributed by atoms with Crippen LogP contribution in [0.25, 0.3) is 16.7 Å². The van der Waals surface area contributed by atoms with Gasteiger partial charge in [-0.3, -0.25) is 4.90 Å². The molecule has 3 aliphatic rings. The summed E-state index contributed by atoms with van der Waals surface area (Å²) in [5.41, 5.74) is 6.00. The molecule has 176 valence electrons. The Bertz CT molecular complexity index is 1340. The Morgan fingerprint density at radius 2 is 1.66 bits per heavy atom. The number of nitrogens with zero attached hydrogens (tertiary/aromatic N) is 1. The number of rotatable bonds is 4. The summed E-state index contributed by atoms with van der Waals surface area (Å²) in [7, 11) is 0. The van der Waals surface area contributed by atoms with Gasteiger partial charge in [0.2, 0.25) is 0 Å². The summed E-state index contributed by atoms with van der Waals surface area (Å²) in [6.07, 6.45) is 3.95. The fourth-order valence-corrected chi connectivity index (χ4v) is 5.89. The third-order valence-corrected chi connectivity index (χ3v) is 7.51. The molecule has 0 spiro atoms. The lowest BCUT2D eigenvalue weighted by atomic mass is 9.94. The van der Waals surface area contributed by atoms with Gasteiger partial charge in [-0.15, -0.1) is 0 Å². The average Bonchev–Trinajstić information content (AvgIpc) is 3.33. The van der Waals surface area contributed by atoms with E-state index in [4.69, 9.17) is 9.84 Å². The highest BCUT2D eigenvalue weighted by molar-refractivity contribution is 5.88. The first kappa shape index (κ1) is 21.6. The highest BCUT2D eigenvalue weighted by atomic mass is 19.1. The SMILES string of the molecule is O=C(O)c1ccc(C2=CC3CCC(C2)N3C(=O)OCC2c3ccccc3-c3ccccc32)cc1F. The number of amides is 1. The number of carbonyl (C=O) groups excluding carboxylic acids is 1. The summed E-state index contributed by atoms with van der Waals surface area (Å²) in [6.45, 7) is 0.279. The molecule has 1 aliphatic carbocycles. The predicted molar refractivity (Wildman–Crippen MR) is 130 cm³/mol. The third-order valence-electron chi connectivity index (χ3n) is 7.51. The molecule has 6 heteroatoms. The minimum Gasteiger partial charge on any atom is -0.478 e. The van der Waals surface area contributed by atoms with Gasteiger partial charge in [0.1, 0.15) is 12.4 Å². The fraction of sp³-hybridized carbons (Fsp3) is 0.241. The van der Waals surface area contributed by atoms with Gasteiger partial charge >= 0.3 is 12.1 Å². The lowest BCUT2D eigenvalue weighted by Gasteiger charge is -2.33. The maximum Gasteiger partial charge on any atom is 0.410 e. The second-order valence-corrected chi connectivity index (χ2v) is 9.41. The summed E-state index contributed by atoms with van der Waals surface area (Å²) in [5.74, 6) is -2.02. The van der Waals surface area contributed by atoms with Crippen LogP contribution in [0.1, 0.15) is 52.2 Å². The van der Waals surface area contributed by atoms with E-state index in [2.05, 4.69) is 24.3 Å². The molecule has 3 aromatic carbocycles. The van der Waals surface area contributed by atoms with Gasteiger partial charge in [-0.05, 0) is 64.8 Å². The smallest absolute Gasteiger partial charge is 0.410 e. The van der Waals surface area contributed by atoms with E-state index in [-0.39, 0.29) is 36.3 Å². The fourth-order valence-electron chi connectivity index (χ4n) is 5.89. The van der Waals surface area contributed by atoms with Gasteiger partial charge in [0.25, 0.3) is 0 Å². The Morgan fingerprint density at radius 1 is 0.971 bits per heavy atom. The van der Waals surface area contributed by atoms with Crippen LogP contribution in [0.3, 0.4) is 0 Å². The minimum atomic E-state index is -1.28. The first-order valence-electron chi connectivity index (χ1n) is 11.9. The molecular weight excluding hydrogens is 445 g/mol. The summed E-state index contributed by atoms with van der Waals surface area (Å²) in [6, 6.07) is 20.6. The first-order valence-corrected chi connectivity index (χ1v) is 11.9. The van der Waals surface area contributed by atoms with Crippen molar-refractivity contribution in [3.8, 4) is 11.1 Å². The highest BCUT2D eigenvalue weighted by Crippen LogP contribution is 2.45. The van der Waals surface area contributed by atoms with Gasteiger partial charge in [-0.2, -0.15) is 0 Å². The van der Waals surface area contributed by atoms with Crippen molar-refractivity contribution >= 4 is 17.6 Å². The van der Waals surface area contributed by atoms with Crippen molar-refractivity contribution in [1.29, 1.82) is 0 Å². The second kappa shape index (κ2) is 8.38. The van der Waals surface area contributed by atoms with Gasteiger partial charge in [0.15, 0.2) is 0 Å². The largest absolute Gasteiger partial charge is 0.478 e. The molecule has 2 unspecified atom stereocenters. The van der Waals surface area contributed by atoms with Gasteiger partial charge < -0.3 is 9.84 Å². The summed E-state index contributed by atoms with van der Waals surface area (Å²) in [5, 5.41) is 9.08. The Balaban J connectivity index is 1.19. The Labute approximate surface area is 202 Å². The number of carbonyl (C=O) groups is 2. The topological polar surface area (TPSA) is 66.8 Å². The Kier molecular flexibility index (Phi) is 5.17. The van der Waals surface area contributed by atoms with Crippen molar-refractivity contribution in [2.45, 2.75) is 37.3 Å². The van der Waals surface area contributed by atoms with Crippen molar-refractivity contribution in [2.75, 3.05) is 6.61 Å². The van der Waals surface area contributed by atoms with Crippen LogP contribution in [0.2, 0.25) is 0 Å². The molecule has 2 bridgehead atoms. The van der Waals surface area contributed by atoms with Gasteiger partial charge in [-0.25, -0.2) is 14.0 Å². The quantitative estimate of drug-likeness (QED) is 0.502. The summed E-state index contributed by atoms with van der Waals surface area (Å²) < 4.78 is 20.1. The van der Waals surface area contributed by atoms with E-state index in [1.54, 1.807) is 6.07 Å². The highest BCUT2D eigenvalue weighted by Gasteiger charge is 2.41. The molecule has 1 fully saturated rings. The number of halogens is 1. The van der Waals surface area contributed by atoms with Gasteiger partial charge in [-0.1, -0.05) is 60.7 Å². The van der Waals surface area contributed by atoms with E-state index < -0.39 is 11.8 Å². The number of ether oxygens (including phenoxy) is 1. The Hall–Kier alpha value is -3.93. The molecule has 2 aliphatic heterocycles. The minimum absolute atomic E-state index is 0.00983. The lowest BCUT2D eigenvalue weighted by Crippen LogP contribution is -2.43. The zero-order valence-electron chi connectivity index (χ0n) is 19.0. The van der Waals surface area contributed by atoms with Crippen LogP contribution < -0.4 is 0 Å². The van der Waals surface area contributed by atoms with E-state index in [1.807, 2.05) is 35.2 Å². The molecule has 0 aromatic heterocycles. The van der Waals surface area contributed by atoms with E-state index in [0.29, 0.717) is 12.0 Å². The molecule has 6 rings (SSSR count). The standard InChI is InChI=1S/C29H24FNO4/c30-27-15-17(9-12-25(27)28(32)33)18-13-19-10-11-20(14-18)31(19)29(34)35-16-26-23-7-3-1-5-21(23)22-6-2-4-8-24(22)26/h1-9,12-13,15,19-20,26H,10-11,14,16H2,(H,32,33). The van der Waals surface area contributed by atoms with Crippen LogP contribution >= 0.6 is 0 Å². The van der Waals surface area contributed by atoms with Gasteiger partial charge in [0.05, 0.1) is 11.6 Å². The predicted octanol–water partition coefficient (Wildman–Crippen LogP) is 6.09. The number of benzene rings is 3. The van der Waals surface area contributed by atoms with Crippen LogP contribution in [0.4, 0.5) is 9.18 Å². The second-order valence-electron chi connectivity index (χ2n) is 9.41. The van der Waals surface area contributed by atoms with Crippen molar-refractivity contribution in [2.24, 2.45) is 0 Å². The van der Waals surface area contributed by atoms with Crippen molar-refractivity contribution < 1.29 is 23.8 Å². The molecule has 0 saturated carbocycles. The maximum absolute atomic E-state index is 14.2. The lowest BCUT2D eigenvalue weighted by molar-refractivity contribution is 0.0691. The van der Waals surface area contributed by atoms with Crippen LogP contribution in [0, 0.1) is 5.82 Å². The van der Waals surface area contributed by atoms with E-state index in [1.165, 1.54) is 34.4 Å². The van der Waals surface area contributed by atoms with Crippen LogP contribution in [0.5, 0.6) is 0 Å². The Morgan fingerprint density at radius 3 is 2.29 bits per heavy atom. The molecule has 1 N–H and O–H groups in total. The van der Waals surface area contributed by atoms with E-state index >= 15 is 0 Å². The maximum atomic E-state index is 14.2. The van der Waals surface area contributed by atoms with Crippen molar-refractivity contribution in [3.63, 3.8) is 0 Å². The van der Waals surface area contributed by atoms with Crippen LogP contribution in [-0.4, -0.2) is 40.8 Å². The van der Waals surface area contributed by atoms with Crippen molar-refractivity contribution in [3.05, 3.63) is 101 Å². The van der Waals surface area contributed by atoms with Crippen LogP contribution in [-0.2, 0) is 4.74 Å². The first-order chi connectivity index (χ1) is 17.0. The van der Waals surface area contributed by atoms with Gasteiger partial charge in [0, 0.05) is 12.0 Å². The van der Waals surface area contributed by atoms with Crippen LogP contribution in [0.15, 0.2) is 72.8 Å². The summed E-state index contributed by atoms with van der Waals surface area (Å²) >= 11 is 0. The number of carboxylic acid groups (broad SMARTS) is 1. The molecule has 35 heavy (non-hydrogen) atoms.